The lowest BCUT2D eigenvalue weighted by molar-refractivity contribution is 0.355. The van der Waals surface area contributed by atoms with Crippen molar-refractivity contribution < 1.29 is 17.9 Å². The average molecular weight is 339 g/mol. The Hall–Kier alpha value is -2.22. The molecule has 0 amide bonds. The summed E-state index contributed by atoms with van der Waals surface area (Å²) in [6.07, 6.45) is 0. The molecule has 0 fully saturated rings. The third-order valence-corrected chi connectivity index (χ3v) is 5.30. The molecule has 0 bridgehead atoms. The van der Waals surface area contributed by atoms with Gasteiger partial charge >= 0.3 is 0 Å². The summed E-state index contributed by atoms with van der Waals surface area (Å²) in [6.45, 7) is 5.18. The maximum Gasteiger partial charge on any atom is 0.265 e. The monoisotopic (exact) mass is 339 g/mol. The van der Waals surface area contributed by atoms with E-state index in [1.807, 2.05) is 0 Å². The van der Waals surface area contributed by atoms with Crippen molar-refractivity contribution in [3.63, 3.8) is 0 Å². The molecule has 0 spiro atoms. The third-order valence-electron chi connectivity index (χ3n) is 3.69. The zero-order valence-corrected chi connectivity index (χ0v) is 14.9. The number of hydrogen-bond donors (Lipinski definition) is 1. The van der Waals surface area contributed by atoms with Crippen LogP contribution in [0.1, 0.15) is 17.0 Å². The number of methoxy groups -OCH3 is 2. The fourth-order valence-corrected chi connectivity index (χ4v) is 3.99. The summed E-state index contributed by atoms with van der Waals surface area (Å²) >= 11 is 0. The Morgan fingerprint density at radius 1 is 1.09 bits per heavy atom. The van der Waals surface area contributed by atoms with Crippen LogP contribution in [0.5, 0.6) is 11.5 Å². The topological polar surface area (TPSA) is 82.5 Å². The van der Waals surface area contributed by atoms with Crippen LogP contribution in [0.2, 0.25) is 0 Å². The van der Waals surface area contributed by atoms with E-state index in [0.717, 1.165) is 5.56 Å². The molecule has 1 heterocycles. The van der Waals surface area contributed by atoms with Gasteiger partial charge in [0.15, 0.2) is 11.5 Å². The maximum absolute atomic E-state index is 12.7. The second-order valence-corrected chi connectivity index (χ2v) is 6.87. The number of sulfonamides is 1. The predicted molar refractivity (Wildman–Crippen MR) is 87.8 cm³/mol. The second-order valence-electron chi connectivity index (χ2n) is 5.25. The van der Waals surface area contributed by atoms with Crippen molar-refractivity contribution in [1.29, 1.82) is 0 Å². The van der Waals surface area contributed by atoms with Gasteiger partial charge in [0.05, 0.1) is 31.3 Å². The van der Waals surface area contributed by atoms with Gasteiger partial charge in [-0.25, -0.2) is 8.42 Å². The van der Waals surface area contributed by atoms with Crippen LogP contribution in [-0.4, -0.2) is 32.4 Å². The predicted octanol–water partition coefficient (Wildman–Crippen LogP) is 2.16. The highest BCUT2D eigenvalue weighted by Gasteiger charge is 2.25. The Labute approximate surface area is 136 Å². The van der Waals surface area contributed by atoms with Crippen molar-refractivity contribution in [2.24, 2.45) is 7.05 Å². The molecule has 8 heteroatoms. The quantitative estimate of drug-likeness (QED) is 0.903. The van der Waals surface area contributed by atoms with Gasteiger partial charge < -0.3 is 9.47 Å². The van der Waals surface area contributed by atoms with Crippen LogP contribution in [0.3, 0.4) is 0 Å². The molecule has 0 unspecified atom stereocenters. The number of hydrogen-bond acceptors (Lipinski definition) is 5. The van der Waals surface area contributed by atoms with E-state index >= 15 is 0 Å². The lowest BCUT2D eigenvalue weighted by Gasteiger charge is -2.14. The number of nitrogens with zero attached hydrogens (tertiary/aromatic N) is 2. The van der Waals surface area contributed by atoms with Crippen molar-refractivity contribution in [3.8, 4) is 11.5 Å². The first-order chi connectivity index (χ1) is 10.7. The highest BCUT2D eigenvalue weighted by molar-refractivity contribution is 7.92. The van der Waals surface area contributed by atoms with Gasteiger partial charge in [-0.1, -0.05) is 0 Å². The molecular formula is C15H21N3O4S. The van der Waals surface area contributed by atoms with Crippen molar-refractivity contribution in [2.75, 3.05) is 18.9 Å². The first-order valence-corrected chi connectivity index (χ1v) is 8.45. The molecule has 2 rings (SSSR count). The van der Waals surface area contributed by atoms with E-state index in [1.165, 1.54) is 14.2 Å². The molecule has 0 atom stereocenters. The van der Waals surface area contributed by atoms with Crippen molar-refractivity contribution in [3.05, 3.63) is 29.1 Å². The van der Waals surface area contributed by atoms with E-state index in [-0.39, 0.29) is 4.90 Å². The Kier molecular flexibility index (Phi) is 4.56. The summed E-state index contributed by atoms with van der Waals surface area (Å²) in [5, 5.41) is 4.15. The zero-order chi connectivity index (χ0) is 17.4. The number of aromatic nitrogens is 2. The van der Waals surface area contributed by atoms with Crippen molar-refractivity contribution in [1.82, 2.24) is 9.78 Å². The van der Waals surface area contributed by atoms with Gasteiger partial charge in [-0.15, -0.1) is 0 Å². The molecule has 1 N–H and O–H groups in total. The van der Waals surface area contributed by atoms with Gasteiger partial charge in [-0.05, 0) is 32.4 Å². The fraction of sp³-hybridized carbons (Fsp3) is 0.400. The summed E-state index contributed by atoms with van der Waals surface area (Å²) < 4.78 is 40.0. The summed E-state index contributed by atoms with van der Waals surface area (Å²) in [4.78, 5) is 0.189. The smallest absolute Gasteiger partial charge is 0.265 e. The van der Waals surface area contributed by atoms with Crippen LogP contribution in [0.4, 0.5) is 5.69 Å². The molecule has 0 aliphatic carbocycles. The van der Waals surface area contributed by atoms with E-state index in [9.17, 15) is 8.42 Å². The largest absolute Gasteiger partial charge is 0.493 e. The van der Waals surface area contributed by atoms with Crippen LogP contribution < -0.4 is 14.2 Å². The third kappa shape index (κ3) is 3.12. The fourth-order valence-electron chi connectivity index (χ4n) is 2.43. The lowest BCUT2D eigenvalue weighted by atomic mass is 10.2. The number of rotatable bonds is 5. The molecule has 1 aromatic carbocycles. The standard InChI is InChI=1S/C15H21N3O4S/c1-9-7-13(21-5)14(22-6)8-12(9)17-23(19,20)15-10(2)16-18(4)11(15)3/h7-8,17H,1-6H3. The zero-order valence-electron chi connectivity index (χ0n) is 14.1. The van der Waals surface area contributed by atoms with E-state index in [2.05, 4.69) is 9.82 Å². The molecule has 0 radical (unpaired) electrons. The van der Waals surface area contributed by atoms with Crippen molar-refractivity contribution >= 4 is 15.7 Å². The number of nitrogens with one attached hydrogen (secondary N) is 1. The lowest BCUT2D eigenvalue weighted by Crippen LogP contribution is -2.15. The molecule has 0 aliphatic heterocycles. The summed E-state index contributed by atoms with van der Waals surface area (Å²) in [5.74, 6) is 0.997. The minimum Gasteiger partial charge on any atom is -0.493 e. The molecule has 0 saturated heterocycles. The van der Waals surface area contributed by atoms with Crippen LogP contribution in [0, 0.1) is 20.8 Å². The molecule has 23 heavy (non-hydrogen) atoms. The van der Waals surface area contributed by atoms with E-state index < -0.39 is 10.0 Å². The highest BCUT2D eigenvalue weighted by Crippen LogP contribution is 2.34. The Morgan fingerprint density at radius 3 is 2.13 bits per heavy atom. The highest BCUT2D eigenvalue weighted by atomic mass is 32.2. The minimum absolute atomic E-state index is 0.189. The van der Waals surface area contributed by atoms with Gasteiger partial charge in [-0.3, -0.25) is 9.40 Å². The first kappa shape index (κ1) is 17.1. The van der Waals surface area contributed by atoms with Crippen LogP contribution in [-0.2, 0) is 17.1 Å². The van der Waals surface area contributed by atoms with Crippen LogP contribution in [0.15, 0.2) is 17.0 Å². The Balaban J connectivity index is 2.49. The van der Waals surface area contributed by atoms with Crippen LogP contribution in [0.25, 0.3) is 0 Å². The van der Waals surface area contributed by atoms with E-state index in [4.69, 9.17) is 9.47 Å². The van der Waals surface area contributed by atoms with Crippen molar-refractivity contribution in [2.45, 2.75) is 25.7 Å². The number of ether oxygens (including phenoxy) is 2. The minimum atomic E-state index is -3.75. The van der Waals surface area contributed by atoms with Gasteiger partial charge in [-0.2, -0.15) is 5.10 Å². The number of benzene rings is 1. The maximum atomic E-state index is 12.7. The Morgan fingerprint density at radius 2 is 1.65 bits per heavy atom. The summed E-state index contributed by atoms with van der Waals surface area (Å²) in [6, 6.07) is 3.33. The van der Waals surface area contributed by atoms with Crippen LogP contribution >= 0.6 is 0 Å². The Bertz CT molecular complexity index is 841. The summed E-state index contributed by atoms with van der Waals surface area (Å²) in [5.41, 5.74) is 2.19. The van der Waals surface area contributed by atoms with Gasteiger partial charge in [0, 0.05) is 13.1 Å². The van der Waals surface area contributed by atoms with E-state index in [1.54, 1.807) is 44.6 Å². The second kappa shape index (κ2) is 6.11. The molecule has 126 valence electrons. The normalized spacial score (nSPS) is 11.4. The number of anilines is 1. The average Bonchev–Trinajstić information content (AvgIpc) is 2.74. The molecule has 2 aromatic rings. The SMILES string of the molecule is COc1cc(C)c(NS(=O)(=O)c2c(C)nn(C)c2C)cc1OC. The number of aryl methyl sites for hydroxylation is 3. The van der Waals surface area contributed by atoms with E-state index in [0.29, 0.717) is 28.6 Å². The molecule has 1 aromatic heterocycles. The molecule has 0 aliphatic rings. The van der Waals surface area contributed by atoms with Gasteiger partial charge in [0.1, 0.15) is 4.90 Å². The molecule has 7 nitrogen and oxygen atoms in total. The van der Waals surface area contributed by atoms with Gasteiger partial charge in [0.25, 0.3) is 10.0 Å². The summed E-state index contributed by atoms with van der Waals surface area (Å²) in [7, 11) is 0.993. The first-order valence-electron chi connectivity index (χ1n) is 6.97. The molecule has 0 saturated carbocycles. The van der Waals surface area contributed by atoms with Gasteiger partial charge in [0.2, 0.25) is 0 Å². The molecular weight excluding hydrogens is 318 g/mol.